The van der Waals surface area contributed by atoms with Crippen molar-refractivity contribution < 1.29 is 8.76 Å². The molecule has 66 valence electrons. The highest BCUT2D eigenvalue weighted by molar-refractivity contribution is 7.79. The maximum Gasteiger partial charge on any atom is 0.250 e. The first-order valence-corrected chi connectivity index (χ1v) is 3.92. The molecule has 12 heavy (non-hydrogen) atoms. The van der Waals surface area contributed by atoms with Crippen LogP contribution in [0.5, 0.6) is 0 Å². The van der Waals surface area contributed by atoms with Crippen molar-refractivity contribution in [3.63, 3.8) is 0 Å². The third-order valence-corrected chi connectivity index (χ3v) is 1.64. The molecule has 7 nitrogen and oxygen atoms in total. The van der Waals surface area contributed by atoms with Gasteiger partial charge in [0.05, 0.1) is 0 Å². The molecule has 1 rings (SSSR count). The lowest BCUT2D eigenvalue weighted by atomic mass is 10.4. The summed E-state index contributed by atoms with van der Waals surface area (Å²) in [6, 6.07) is 0. The van der Waals surface area contributed by atoms with E-state index in [1.165, 1.54) is 0 Å². The van der Waals surface area contributed by atoms with Gasteiger partial charge in [-0.05, 0) is 0 Å². The molecule has 7 N–H and O–H groups in total. The van der Waals surface area contributed by atoms with Gasteiger partial charge in [0, 0.05) is 0 Å². The maximum absolute atomic E-state index is 10.5. The smallest absolute Gasteiger partial charge is 0.250 e. The van der Waals surface area contributed by atoms with E-state index < -0.39 is 11.1 Å². The monoisotopic (exact) mass is 189 g/mol. The fourth-order valence-electron chi connectivity index (χ4n) is 0.561. The van der Waals surface area contributed by atoms with E-state index in [0.29, 0.717) is 0 Å². The fourth-order valence-corrected chi connectivity index (χ4v) is 0.914. The summed E-state index contributed by atoms with van der Waals surface area (Å²) in [6.07, 6.45) is 0. The number of aromatic nitrogens is 2. The van der Waals surface area contributed by atoms with Gasteiger partial charge in [0.2, 0.25) is 11.1 Å². The Morgan fingerprint density at radius 3 is 1.92 bits per heavy atom. The van der Waals surface area contributed by atoms with Gasteiger partial charge in [0.1, 0.15) is 5.69 Å². The van der Waals surface area contributed by atoms with Crippen molar-refractivity contribution in [1.29, 1.82) is 0 Å². The highest BCUT2D eigenvalue weighted by Crippen LogP contribution is 2.18. The molecule has 0 bridgehead atoms. The Balaban J connectivity index is 3.31. The van der Waals surface area contributed by atoms with Gasteiger partial charge in [-0.15, -0.1) is 0 Å². The molecular weight excluding hydrogens is 182 g/mol. The second kappa shape index (κ2) is 2.91. The van der Waals surface area contributed by atoms with Gasteiger partial charge >= 0.3 is 0 Å². The molecule has 0 radical (unpaired) electrons. The maximum atomic E-state index is 10.5. The molecule has 0 spiro atoms. The molecule has 1 aromatic heterocycles. The van der Waals surface area contributed by atoms with Crippen LogP contribution in [0.4, 0.5) is 17.3 Å². The van der Waals surface area contributed by atoms with Gasteiger partial charge < -0.3 is 17.2 Å². The minimum atomic E-state index is -2.30. The topological polar surface area (TPSA) is 141 Å². The molecule has 0 saturated carbocycles. The quantitative estimate of drug-likeness (QED) is 0.321. The highest BCUT2D eigenvalue weighted by atomic mass is 32.2. The Labute approximate surface area is 70.3 Å². The van der Waals surface area contributed by atoms with E-state index in [2.05, 4.69) is 9.97 Å². The van der Waals surface area contributed by atoms with E-state index in [9.17, 15) is 4.21 Å². The van der Waals surface area contributed by atoms with E-state index in [1.54, 1.807) is 0 Å². The predicted molar refractivity (Wildman–Crippen MR) is 44.3 cm³/mol. The Bertz CT molecular complexity index is 317. The SMILES string of the molecule is Nc1nc(S(=O)O)nc(N)c1N. The molecule has 8 heteroatoms. The number of rotatable bonds is 1. The molecule has 0 aliphatic heterocycles. The summed E-state index contributed by atoms with van der Waals surface area (Å²) in [6.45, 7) is 0. The zero-order valence-electron chi connectivity index (χ0n) is 5.89. The Kier molecular flexibility index (Phi) is 2.11. The lowest BCUT2D eigenvalue weighted by molar-refractivity contribution is 0.555. The van der Waals surface area contributed by atoms with E-state index in [-0.39, 0.29) is 22.5 Å². The van der Waals surface area contributed by atoms with Crippen LogP contribution in [-0.4, -0.2) is 18.7 Å². The summed E-state index contributed by atoms with van der Waals surface area (Å²) in [4.78, 5) is 6.89. The Hall–Kier alpha value is -1.41. The van der Waals surface area contributed by atoms with E-state index in [1.807, 2.05) is 0 Å². The van der Waals surface area contributed by atoms with Crippen LogP contribution in [0.15, 0.2) is 5.16 Å². The Morgan fingerprint density at radius 1 is 1.17 bits per heavy atom. The molecule has 0 aromatic carbocycles. The standard InChI is InChI=1S/C4H7N5O2S/c5-1-2(6)8-4(12(10)11)9-3(1)7/h5H2,(H,10,11)(H4,6,7,8,9). The summed E-state index contributed by atoms with van der Waals surface area (Å²) in [5.41, 5.74) is 15.8. The lowest BCUT2D eigenvalue weighted by Gasteiger charge is -2.02. The van der Waals surface area contributed by atoms with Gasteiger partial charge in [-0.3, -0.25) is 4.55 Å². The minimum Gasteiger partial charge on any atom is -0.393 e. The third kappa shape index (κ3) is 1.43. The molecule has 0 fully saturated rings. The summed E-state index contributed by atoms with van der Waals surface area (Å²) >= 11 is -2.30. The lowest BCUT2D eigenvalue weighted by Crippen LogP contribution is -2.09. The van der Waals surface area contributed by atoms with E-state index >= 15 is 0 Å². The van der Waals surface area contributed by atoms with Crippen LogP contribution in [0.2, 0.25) is 0 Å². The van der Waals surface area contributed by atoms with Crippen LogP contribution in [0.3, 0.4) is 0 Å². The highest BCUT2D eigenvalue weighted by Gasteiger charge is 2.09. The number of nitrogens with zero attached hydrogens (tertiary/aromatic N) is 2. The van der Waals surface area contributed by atoms with Crippen molar-refractivity contribution in [2.45, 2.75) is 5.16 Å². The number of hydrogen-bond donors (Lipinski definition) is 4. The van der Waals surface area contributed by atoms with Crippen molar-refractivity contribution in [1.82, 2.24) is 9.97 Å². The van der Waals surface area contributed by atoms with Gasteiger partial charge in [0.25, 0.3) is 5.16 Å². The van der Waals surface area contributed by atoms with Crippen molar-refractivity contribution >= 4 is 28.4 Å². The molecule has 1 heterocycles. The Morgan fingerprint density at radius 2 is 1.58 bits per heavy atom. The summed E-state index contributed by atoms with van der Waals surface area (Å²) < 4.78 is 19.0. The summed E-state index contributed by atoms with van der Waals surface area (Å²) in [7, 11) is 0. The molecule has 1 atom stereocenters. The predicted octanol–water partition coefficient (Wildman–Crippen LogP) is -1.20. The molecule has 0 aliphatic carbocycles. The van der Waals surface area contributed by atoms with E-state index in [4.69, 9.17) is 21.8 Å². The first-order valence-electron chi connectivity index (χ1n) is 2.81. The number of hydrogen-bond acceptors (Lipinski definition) is 6. The fraction of sp³-hybridized carbons (Fsp3) is 0. The zero-order valence-corrected chi connectivity index (χ0v) is 6.71. The second-order valence-electron chi connectivity index (χ2n) is 1.94. The van der Waals surface area contributed by atoms with Crippen LogP contribution in [0.1, 0.15) is 0 Å². The van der Waals surface area contributed by atoms with Crippen molar-refractivity contribution in [2.24, 2.45) is 0 Å². The molecule has 0 saturated heterocycles. The molecule has 1 unspecified atom stereocenters. The second-order valence-corrected chi connectivity index (χ2v) is 2.80. The number of nitrogens with two attached hydrogens (primary N) is 3. The van der Waals surface area contributed by atoms with Crippen LogP contribution in [0.25, 0.3) is 0 Å². The molecular formula is C4H7N5O2S. The molecule has 0 amide bonds. The van der Waals surface area contributed by atoms with Crippen LogP contribution in [0, 0.1) is 0 Å². The van der Waals surface area contributed by atoms with Gasteiger partial charge in [-0.1, -0.05) is 0 Å². The van der Waals surface area contributed by atoms with Crippen LogP contribution in [-0.2, 0) is 11.1 Å². The minimum absolute atomic E-state index is 0.0178. The normalized spacial score (nSPS) is 12.8. The molecule has 0 aliphatic rings. The largest absolute Gasteiger partial charge is 0.393 e. The van der Waals surface area contributed by atoms with Crippen molar-refractivity contribution in [3.05, 3.63) is 0 Å². The average molecular weight is 189 g/mol. The van der Waals surface area contributed by atoms with Crippen LogP contribution < -0.4 is 17.2 Å². The van der Waals surface area contributed by atoms with Crippen molar-refractivity contribution in [3.8, 4) is 0 Å². The summed E-state index contributed by atoms with van der Waals surface area (Å²) in [5.74, 6) is -0.195. The first-order chi connectivity index (χ1) is 5.52. The first kappa shape index (κ1) is 8.68. The van der Waals surface area contributed by atoms with Crippen LogP contribution >= 0.6 is 0 Å². The van der Waals surface area contributed by atoms with E-state index in [0.717, 1.165) is 0 Å². The zero-order chi connectivity index (χ0) is 9.30. The average Bonchev–Trinajstić information content (AvgIpc) is 1.99. The summed E-state index contributed by atoms with van der Waals surface area (Å²) in [5, 5.41) is -0.348. The van der Waals surface area contributed by atoms with Crippen molar-refractivity contribution in [2.75, 3.05) is 17.2 Å². The van der Waals surface area contributed by atoms with Gasteiger partial charge in [-0.2, -0.15) is 9.97 Å². The third-order valence-electron chi connectivity index (χ3n) is 1.14. The number of anilines is 3. The number of nitrogen functional groups attached to an aromatic ring is 3. The molecule has 1 aromatic rings. The van der Waals surface area contributed by atoms with Gasteiger partial charge in [-0.25, -0.2) is 4.21 Å². The van der Waals surface area contributed by atoms with Gasteiger partial charge in [0.15, 0.2) is 11.6 Å².